The number of ketones is 1. The van der Waals surface area contributed by atoms with Gasteiger partial charge in [0.1, 0.15) is 0 Å². The van der Waals surface area contributed by atoms with Crippen molar-refractivity contribution in [1.29, 1.82) is 0 Å². The van der Waals surface area contributed by atoms with Gasteiger partial charge in [-0.3, -0.25) is 9.59 Å². The van der Waals surface area contributed by atoms with Gasteiger partial charge in [0.25, 0.3) is 5.91 Å². The van der Waals surface area contributed by atoms with E-state index in [0.29, 0.717) is 22.9 Å². The van der Waals surface area contributed by atoms with Crippen LogP contribution in [0.4, 0.5) is 5.95 Å². The Bertz CT molecular complexity index is 966. The van der Waals surface area contributed by atoms with E-state index in [9.17, 15) is 9.59 Å². The maximum Gasteiger partial charge on any atom is 0.252 e. The number of thiophene rings is 1. The SMILES string of the molecule is CC(=O)c1cc(C(=O)NC2CCN(c3nccc(-c4ccc[nH]4)n3)C2)cs1. The first-order valence-electron chi connectivity index (χ1n) is 8.72. The number of aromatic amines is 1. The van der Waals surface area contributed by atoms with E-state index in [0.717, 1.165) is 24.4 Å². The smallest absolute Gasteiger partial charge is 0.252 e. The summed E-state index contributed by atoms with van der Waals surface area (Å²) in [6.07, 6.45) is 4.44. The molecule has 0 saturated carbocycles. The second-order valence-electron chi connectivity index (χ2n) is 6.49. The highest BCUT2D eigenvalue weighted by molar-refractivity contribution is 7.12. The van der Waals surface area contributed by atoms with Crippen LogP contribution in [-0.2, 0) is 0 Å². The number of carbonyl (C=O) groups excluding carboxylic acids is 2. The van der Waals surface area contributed by atoms with Crippen molar-refractivity contribution < 1.29 is 9.59 Å². The molecule has 0 aliphatic carbocycles. The maximum absolute atomic E-state index is 12.4. The van der Waals surface area contributed by atoms with Crippen LogP contribution in [0.25, 0.3) is 11.4 Å². The van der Waals surface area contributed by atoms with Crippen molar-refractivity contribution in [2.75, 3.05) is 18.0 Å². The van der Waals surface area contributed by atoms with Crippen molar-refractivity contribution >= 4 is 29.0 Å². The van der Waals surface area contributed by atoms with E-state index in [1.165, 1.54) is 18.3 Å². The number of aromatic nitrogens is 3. The monoisotopic (exact) mass is 381 g/mol. The quantitative estimate of drug-likeness (QED) is 0.663. The number of amides is 1. The van der Waals surface area contributed by atoms with Gasteiger partial charge in [0.05, 0.1) is 21.8 Å². The van der Waals surface area contributed by atoms with Crippen LogP contribution in [0, 0.1) is 0 Å². The molecule has 1 amide bonds. The third-order valence-electron chi connectivity index (χ3n) is 4.53. The van der Waals surface area contributed by atoms with Crippen LogP contribution in [0.5, 0.6) is 0 Å². The molecule has 0 radical (unpaired) electrons. The first kappa shape index (κ1) is 17.4. The van der Waals surface area contributed by atoms with Gasteiger partial charge in [0, 0.05) is 36.9 Å². The summed E-state index contributed by atoms with van der Waals surface area (Å²) < 4.78 is 0. The Kier molecular flexibility index (Phi) is 4.72. The Morgan fingerprint density at radius 2 is 2.26 bits per heavy atom. The lowest BCUT2D eigenvalue weighted by molar-refractivity contribution is 0.0940. The number of rotatable bonds is 5. The lowest BCUT2D eigenvalue weighted by Gasteiger charge is -2.17. The Balaban J connectivity index is 1.41. The van der Waals surface area contributed by atoms with Crippen LogP contribution in [-0.4, -0.2) is 45.8 Å². The van der Waals surface area contributed by atoms with E-state index < -0.39 is 0 Å². The molecule has 27 heavy (non-hydrogen) atoms. The fourth-order valence-electron chi connectivity index (χ4n) is 3.11. The minimum Gasteiger partial charge on any atom is -0.360 e. The van der Waals surface area contributed by atoms with E-state index in [1.807, 2.05) is 24.4 Å². The normalized spacial score (nSPS) is 16.5. The summed E-state index contributed by atoms with van der Waals surface area (Å²) in [4.78, 5) is 38.6. The van der Waals surface area contributed by atoms with Crippen molar-refractivity contribution in [2.45, 2.75) is 19.4 Å². The van der Waals surface area contributed by atoms with Gasteiger partial charge in [-0.15, -0.1) is 11.3 Å². The molecule has 7 nitrogen and oxygen atoms in total. The molecular weight excluding hydrogens is 362 g/mol. The van der Waals surface area contributed by atoms with Gasteiger partial charge in [0.2, 0.25) is 5.95 Å². The molecular formula is C19H19N5O2S. The highest BCUT2D eigenvalue weighted by atomic mass is 32.1. The average Bonchev–Trinajstić information content (AvgIpc) is 3.42. The molecule has 3 aromatic rings. The second-order valence-corrected chi connectivity index (χ2v) is 7.40. The van der Waals surface area contributed by atoms with Gasteiger partial charge in [-0.2, -0.15) is 0 Å². The molecule has 4 rings (SSSR count). The highest BCUT2D eigenvalue weighted by Crippen LogP contribution is 2.21. The largest absolute Gasteiger partial charge is 0.360 e. The number of anilines is 1. The molecule has 1 unspecified atom stereocenters. The second kappa shape index (κ2) is 7.32. The summed E-state index contributed by atoms with van der Waals surface area (Å²) in [6, 6.07) is 7.44. The van der Waals surface area contributed by atoms with Crippen LogP contribution in [0.3, 0.4) is 0 Å². The highest BCUT2D eigenvalue weighted by Gasteiger charge is 2.26. The maximum atomic E-state index is 12.4. The van der Waals surface area contributed by atoms with Crippen LogP contribution < -0.4 is 10.2 Å². The molecule has 3 aromatic heterocycles. The van der Waals surface area contributed by atoms with Crippen LogP contribution in [0.1, 0.15) is 33.4 Å². The average molecular weight is 381 g/mol. The summed E-state index contributed by atoms with van der Waals surface area (Å²) >= 11 is 1.30. The van der Waals surface area contributed by atoms with E-state index in [2.05, 4.69) is 25.2 Å². The van der Waals surface area contributed by atoms with E-state index >= 15 is 0 Å². The van der Waals surface area contributed by atoms with Gasteiger partial charge in [0.15, 0.2) is 5.78 Å². The van der Waals surface area contributed by atoms with Gasteiger partial charge in [-0.1, -0.05) is 0 Å². The standard InChI is InChI=1S/C19H19N5O2S/c1-12(25)17-9-13(11-27-17)18(26)22-14-5-8-24(10-14)19-21-7-4-16(23-19)15-3-2-6-20-15/h2-4,6-7,9,11,14,20H,5,8,10H2,1H3,(H,22,26). The summed E-state index contributed by atoms with van der Waals surface area (Å²) in [5.74, 6) is 0.491. The van der Waals surface area contributed by atoms with Crippen molar-refractivity contribution in [1.82, 2.24) is 20.3 Å². The zero-order valence-corrected chi connectivity index (χ0v) is 15.6. The zero-order chi connectivity index (χ0) is 18.8. The third-order valence-corrected chi connectivity index (χ3v) is 5.56. The van der Waals surface area contributed by atoms with Crippen molar-refractivity contribution in [3.63, 3.8) is 0 Å². The topological polar surface area (TPSA) is 91.0 Å². The van der Waals surface area contributed by atoms with Crippen LogP contribution in [0.15, 0.2) is 42.0 Å². The molecule has 4 heterocycles. The Morgan fingerprint density at radius 3 is 3.00 bits per heavy atom. The fourth-order valence-corrected chi connectivity index (χ4v) is 3.90. The molecule has 8 heteroatoms. The molecule has 1 saturated heterocycles. The lowest BCUT2D eigenvalue weighted by atomic mass is 10.2. The summed E-state index contributed by atoms with van der Waals surface area (Å²) in [6.45, 7) is 2.94. The molecule has 138 valence electrons. The molecule has 1 atom stereocenters. The number of nitrogens with zero attached hydrogens (tertiary/aromatic N) is 3. The number of Topliss-reactive ketones (excluding diaryl/α,β-unsaturated/α-hetero) is 1. The third kappa shape index (κ3) is 3.75. The Morgan fingerprint density at radius 1 is 1.37 bits per heavy atom. The molecule has 1 fully saturated rings. The Labute approximate surface area is 160 Å². The number of carbonyl (C=O) groups is 2. The molecule has 0 spiro atoms. The van der Waals surface area contributed by atoms with E-state index in [4.69, 9.17) is 0 Å². The predicted molar refractivity (Wildman–Crippen MR) is 104 cm³/mol. The van der Waals surface area contributed by atoms with Gasteiger partial charge in [-0.05, 0) is 37.6 Å². The summed E-state index contributed by atoms with van der Waals surface area (Å²) in [5, 5.41) is 4.77. The predicted octanol–water partition coefficient (Wildman–Crippen LogP) is 2.74. The van der Waals surface area contributed by atoms with Crippen molar-refractivity contribution in [3.8, 4) is 11.4 Å². The first-order chi connectivity index (χ1) is 13.1. The minimum absolute atomic E-state index is 0.0230. The molecule has 1 aliphatic rings. The van der Waals surface area contributed by atoms with Crippen molar-refractivity contribution in [3.05, 3.63) is 52.5 Å². The number of nitrogens with one attached hydrogen (secondary N) is 2. The number of H-pyrrole nitrogens is 1. The van der Waals surface area contributed by atoms with Crippen LogP contribution >= 0.6 is 11.3 Å². The molecule has 1 aliphatic heterocycles. The lowest BCUT2D eigenvalue weighted by Crippen LogP contribution is -2.37. The van der Waals surface area contributed by atoms with Crippen molar-refractivity contribution in [2.24, 2.45) is 0 Å². The fraction of sp³-hybridized carbons (Fsp3) is 0.263. The summed E-state index contributed by atoms with van der Waals surface area (Å²) in [7, 11) is 0. The number of hydrogen-bond donors (Lipinski definition) is 2. The van der Waals surface area contributed by atoms with Gasteiger partial charge >= 0.3 is 0 Å². The molecule has 2 N–H and O–H groups in total. The van der Waals surface area contributed by atoms with E-state index in [-0.39, 0.29) is 17.7 Å². The van der Waals surface area contributed by atoms with Gasteiger partial charge < -0.3 is 15.2 Å². The van der Waals surface area contributed by atoms with E-state index in [1.54, 1.807) is 17.6 Å². The van der Waals surface area contributed by atoms with Gasteiger partial charge in [-0.25, -0.2) is 9.97 Å². The number of hydrogen-bond acceptors (Lipinski definition) is 6. The Hall–Kier alpha value is -3.00. The van der Waals surface area contributed by atoms with Crippen LogP contribution in [0.2, 0.25) is 0 Å². The first-order valence-corrected chi connectivity index (χ1v) is 9.60. The zero-order valence-electron chi connectivity index (χ0n) is 14.8. The molecule has 0 aromatic carbocycles. The summed E-state index contributed by atoms with van der Waals surface area (Å²) in [5.41, 5.74) is 2.32. The molecule has 0 bridgehead atoms. The minimum atomic E-state index is -0.147.